The Hall–Kier alpha value is -3.79. The Morgan fingerprint density at radius 3 is 2.47 bits per heavy atom. The lowest BCUT2D eigenvalue weighted by molar-refractivity contribution is 0.940. The molecule has 0 spiro atoms. The predicted octanol–water partition coefficient (Wildman–Crippen LogP) is 5.88. The minimum atomic E-state index is 0.993. The van der Waals surface area contributed by atoms with E-state index in [2.05, 4.69) is 99.5 Å². The van der Waals surface area contributed by atoms with Crippen LogP contribution in [0, 0.1) is 0 Å². The fraction of sp³-hybridized carbons (Fsp3) is 0.115. The van der Waals surface area contributed by atoms with Crippen molar-refractivity contribution in [1.29, 1.82) is 0 Å². The number of allylic oxidation sites excluding steroid dienone is 1. The Labute approximate surface area is 173 Å². The highest BCUT2D eigenvalue weighted by atomic mass is 15.2. The van der Waals surface area contributed by atoms with Gasteiger partial charge in [0.25, 0.3) is 0 Å². The Bertz CT molecular complexity index is 1660. The second-order valence-corrected chi connectivity index (χ2v) is 8.12. The van der Waals surface area contributed by atoms with Gasteiger partial charge in [-0.25, -0.2) is 4.98 Å². The molecule has 7 rings (SSSR count). The first-order valence-electron chi connectivity index (χ1n) is 10.5. The summed E-state index contributed by atoms with van der Waals surface area (Å²) in [5.41, 5.74) is 8.45. The highest BCUT2D eigenvalue weighted by molar-refractivity contribution is 6.08. The molecule has 0 saturated carbocycles. The molecule has 0 bridgehead atoms. The average Bonchev–Trinajstić information content (AvgIpc) is 3.41. The number of nitrogens with zero attached hydrogens (tertiary/aromatic N) is 4. The van der Waals surface area contributed by atoms with Gasteiger partial charge >= 0.3 is 0 Å². The number of aromatic nitrogens is 4. The molecule has 0 fully saturated rings. The molecule has 0 atom stereocenters. The number of rotatable bonds is 1. The lowest BCUT2D eigenvalue weighted by Crippen LogP contribution is -1.96. The van der Waals surface area contributed by atoms with Crippen molar-refractivity contribution in [2.24, 2.45) is 7.05 Å². The number of para-hydroxylation sites is 3. The summed E-state index contributed by atoms with van der Waals surface area (Å²) in [6.07, 6.45) is 6.55. The average molecular weight is 388 g/mol. The molecule has 3 heterocycles. The van der Waals surface area contributed by atoms with Crippen LogP contribution in [0.15, 0.2) is 72.8 Å². The normalized spacial score (nSPS) is 13.8. The molecule has 3 aromatic heterocycles. The summed E-state index contributed by atoms with van der Waals surface area (Å²) in [7, 11) is 2.14. The maximum absolute atomic E-state index is 5.08. The molecule has 0 unspecified atom stereocenters. The van der Waals surface area contributed by atoms with Gasteiger partial charge in [-0.15, -0.1) is 0 Å². The first-order chi connectivity index (χ1) is 14.8. The number of benzene rings is 3. The van der Waals surface area contributed by atoms with Crippen molar-refractivity contribution in [3.05, 3.63) is 84.2 Å². The SMILES string of the molecule is Cn1c2ccccc2c2cc(-n3c4ccccc4n4c5c(nc34)CCC=C5)ccc21. The largest absolute Gasteiger partial charge is 0.344 e. The number of hydrogen-bond acceptors (Lipinski definition) is 1. The van der Waals surface area contributed by atoms with Crippen molar-refractivity contribution in [1.82, 2.24) is 18.5 Å². The molecule has 0 N–H and O–H groups in total. The van der Waals surface area contributed by atoms with Gasteiger partial charge in [-0.3, -0.25) is 8.97 Å². The molecule has 6 aromatic rings. The van der Waals surface area contributed by atoms with Gasteiger partial charge in [-0.05, 0) is 55.3 Å². The maximum Gasteiger partial charge on any atom is 0.220 e. The monoisotopic (exact) mass is 388 g/mol. The highest BCUT2D eigenvalue weighted by Gasteiger charge is 2.21. The van der Waals surface area contributed by atoms with E-state index in [-0.39, 0.29) is 0 Å². The van der Waals surface area contributed by atoms with E-state index in [1.165, 1.54) is 44.2 Å². The second-order valence-electron chi connectivity index (χ2n) is 8.12. The van der Waals surface area contributed by atoms with E-state index in [0.29, 0.717) is 0 Å². The summed E-state index contributed by atoms with van der Waals surface area (Å²) < 4.78 is 6.90. The second kappa shape index (κ2) is 5.63. The molecule has 4 heteroatoms. The minimum absolute atomic E-state index is 0.993. The quantitative estimate of drug-likeness (QED) is 0.345. The summed E-state index contributed by atoms with van der Waals surface area (Å²) in [6.45, 7) is 0. The maximum atomic E-state index is 5.08. The fourth-order valence-corrected chi connectivity index (χ4v) is 5.12. The zero-order valence-corrected chi connectivity index (χ0v) is 16.7. The standard InChI is InChI=1S/C26H20N4/c1-28-21-10-4-2-8-18(21)19-16-17(14-15-22(19)28)29-24-12-6-7-13-25(24)30-23-11-5-3-9-20(23)27-26(29)30/h2,4-8,10-16H,3,9H2,1H3. The van der Waals surface area contributed by atoms with E-state index in [1.807, 2.05) is 0 Å². The molecular formula is C26H20N4. The van der Waals surface area contributed by atoms with Gasteiger partial charge in [0.05, 0.1) is 22.4 Å². The van der Waals surface area contributed by atoms with E-state index in [1.54, 1.807) is 0 Å². The molecule has 4 nitrogen and oxygen atoms in total. The van der Waals surface area contributed by atoms with Gasteiger partial charge in [0, 0.05) is 34.5 Å². The number of fused-ring (bicyclic) bond motifs is 8. The minimum Gasteiger partial charge on any atom is -0.344 e. The van der Waals surface area contributed by atoms with Crippen LogP contribution in [0.3, 0.4) is 0 Å². The smallest absolute Gasteiger partial charge is 0.220 e. The van der Waals surface area contributed by atoms with Gasteiger partial charge in [0.15, 0.2) is 0 Å². The first-order valence-corrected chi connectivity index (χ1v) is 10.5. The van der Waals surface area contributed by atoms with E-state index >= 15 is 0 Å². The van der Waals surface area contributed by atoms with Crippen molar-refractivity contribution >= 4 is 44.7 Å². The number of aryl methyl sites for hydroxylation is 2. The molecule has 144 valence electrons. The third-order valence-electron chi connectivity index (χ3n) is 6.51. The predicted molar refractivity (Wildman–Crippen MR) is 123 cm³/mol. The molecule has 0 saturated heterocycles. The first kappa shape index (κ1) is 16.1. The summed E-state index contributed by atoms with van der Waals surface area (Å²) >= 11 is 0. The van der Waals surface area contributed by atoms with Gasteiger partial charge < -0.3 is 4.57 Å². The Balaban J connectivity index is 1.62. The fourth-order valence-electron chi connectivity index (χ4n) is 5.12. The Kier molecular flexibility index (Phi) is 3.02. The van der Waals surface area contributed by atoms with Gasteiger partial charge in [0.2, 0.25) is 5.78 Å². The Morgan fingerprint density at radius 1 is 0.800 bits per heavy atom. The molecule has 1 aliphatic carbocycles. The van der Waals surface area contributed by atoms with Crippen LogP contribution in [0.2, 0.25) is 0 Å². The number of hydrogen-bond donors (Lipinski definition) is 0. The van der Waals surface area contributed by atoms with Crippen molar-refractivity contribution in [3.8, 4) is 5.69 Å². The van der Waals surface area contributed by atoms with Crippen LogP contribution in [0.4, 0.5) is 0 Å². The van der Waals surface area contributed by atoms with Crippen LogP contribution in [-0.2, 0) is 13.5 Å². The van der Waals surface area contributed by atoms with Crippen LogP contribution in [-0.4, -0.2) is 18.5 Å². The van der Waals surface area contributed by atoms with Crippen LogP contribution in [0.5, 0.6) is 0 Å². The van der Waals surface area contributed by atoms with E-state index in [9.17, 15) is 0 Å². The van der Waals surface area contributed by atoms with Crippen LogP contribution in [0.1, 0.15) is 17.8 Å². The molecule has 0 aliphatic heterocycles. The van der Waals surface area contributed by atoms with E-state index in [4.69, 9.17) is 4.98 Å². The summed E-state index contributed by atoms with van der Waals surface area (Å²) in [6, 6.07) is 24.0. The molecule has 30 heavy (non-hydrogen) atoms. The zero-order chi connectivity index (χ0) is 19.8. The summed E-state index contributed by atoms with van der Waals surface area (Å²) in [4.78, 5) is 5.08. The Morgan fingerprint density at radius 2 is 1.57 bits per heavy atom. The van der Waals surface area contributed by atoms with Gasteiger partial charge in [-0.2, -0.15) is 0 Å². The van der Waals surface area contributed by atoms with Crippen molar-refractivity contribution in [2.45, 2.75) is 12.8 Å². The molecule has 3 aromatic carbocycles. The lowest BCUT2D eigenvalue weighted by Gasteiger charge is -2.07. The molecular weight excluding hydrogens is 368 g/mol. The van der Waals surface area contributed by atoms with Crippen molar-refractivity contribution in [2.75, 3.05) is 0 Å². The third-order valence-corrected chi connectivity index (χ3v) is 6.51. The molecule has 0 radical (unpaired) electrons. The summed E-state index contributed by atoms with van der Waals surface area (Å²) in [5, 5.41) is 2.56. The zero-order valence-electron chi connectivity index (χ0n) is 16.7. The highest BCUT2D eigenvalue weighted by Crippen LogP contribution is 2.34. The van der Waals surface area contributed by atoms with E-state index in [0.717, 1.165) is 24.3 Å². The van der Waals surface area contributed by atoms with Gasteiger partial charge in [-0.1, -0.05) is 36.4 Å². The van der Waals surface area contributed by atoms with Crippen LogP contribution in [0.25, 0.3) is 50.4 Å². The van der Waals surface area contributed by atoms with E-state index < -0.39 is 0 Å². The number of imidazole rings is 2. The molecule has 1 aliphatic rings. The lowest BCUT2D eigenvalue weighted by atomic mass is 10.1. The topological polar surface area (TPSA) is 27.2 Å². The van der Waals surface area contributed by atoms with Crippen LogP contribution < -0.4 is 0 Å². The molecule has 0 amide bonds. The van der Waals surface area contributed by atoms with Gasteiger partial charge in [0.1, 0.15) is 0 Å². The van der Waals surface area contributed by atoms with Crippen LogP contribution >= 0.6 is 0 Å². The summed E-state index contributed by atoms with van der Waals surface area (Å²) in [5.74, 6) is 0.993. The third kappa shape index (κ3) is 1.93. The van der Waals surface area contributed by atoms with Crippen molar-refractivity contribution < 1.29 is 0 Å². The van der Waals surface area contributed by atoms with Crippen molar-refractivity contribution in [3.63, 3.8) is 0 Å².